The van der Waals surface area contributed by atoms with Crippen molar-refractivity contribution in [2.24, 2.45) is 4.99 Å². The highest BCUT2D eigenvalue weighted by Crippen LogP contribution is 2.15. The summed E-state index contributed by atoms with van der Waals surface area (Å²) < 4.78 is 24.3. The zero-order valence-electron chi connectivity index (χ0n) is 14.0. The second kappa shape index (κ2) is 12.5. The van der Waals surface area contributed by atoms with Crippen LogP contribution in [0.2, 0.25) is 0 Å². The van der Waals surface area contributed by atoms with Crippen LogP contribution in [-0.4, -0.2) is 51.9 Å². The maximum atomic E-state index is 11.0. The molecule has 0 bridgehead atoms. The molecular weight excluding hydrogens is 443 g/mol. The van der Waals surface area contributed by atoms with Crippen LogP contribution in [0.15, 0.2) is 35.3 Å². The molecule has 0 aromatic heterocycles. The Balaban J connectivity index is 0.00000529. The third-order valence-corrected chi connectivity index (χ3v) is 3.71. The van der Waals surface area contributed by atoms with Crippen LogP contribution < -0.4 is 15.4 Å². The average molecular weight is 470 g/mol. The minimum absolute atomic E-state index is 0. The average Bonchev–Trinajstić information content (AvgIpc) is 2.51. The number of sulfonamides is 1. The Labute approximate surface area is 161 Å². The van der Waals surface area contributed by atoms with E-state index < -0.39 is 16.1 Å². The van der Waals surface area contributed by atoms with Crippen LogP contribution in [0.4, 0.5) is 0 Å². The molecule has 1 aromatic carbocycles. The summed E-state index contributed by atoms with van der Waals surface area (Å²) in [5.41, 5.74) is 0.873. The number of aliphatic hydroxyl groups is 1. The number of nitrogens with one attached hydrogen (secondary N) is 3. The predicted molar refractivity (Wildman–Crippen MR) is 108 cm³/mol. The number of aliphatic hydroxyl groups excluding tert-OH is 1. The molecule has 1 atom stereocenters. The molecule has 1 aromatic rings. The molecule has 9 heteroatoms. The van der Waals surface area contributed by atoms with Crippen molar-refractivity contribution in [3.8, 4) is 0 Å². The molecule has 4 N–H and O–H groups in total. The van der Waals surface area contributed by atoms with E-state index >= 15 is 0 Å². The van der Waals surface area contributed by atoms with Crippen molar-refractivity contribution in [1.29, 1.82) is 0 Å². The molecule has 0 aliphatic heterocycles. The van der Waals surface area contributed by atoms with Gasteiger partial charge in [-0.25, -0.2) is 13.1 Å². The first kappa shape index (κ1) is 23.1. The van der Waals surface area contributed by atoms with Crippen LogP contribution in [0.3, 0.4) is 0 Å². The number of rotatable bonds is 9. The summed E-state index contributed by atoms with van der Waals surface area (Å²) in [5.74, 6) is 0.600. The van der Waals surface area contributed by atoms with Gasteiger partial charge in [-0.1, -0.05) is 30.3 Å². The molecule has 0 aliphatic carbocycles. The summed E-state index contributed by atoms with van der Waals surface area (Å²) in [7, 11) is -3.18. The lowest BCUT2D eigenvalue weighted by Gasteiger charge is -2.13. The van der Waals surface area contributed by atoms with Gasteiger partial charge in [0.25, 0.3) is 0 Å². The smallest absolute Gasteiger partial charge is 0.208 e. The number of halogens is 1. The van der Waals surface area contributed by atoms with Crippen LogP contribution in [0, 0.1) is 0 Å². The van der Waals surface area contributed by atoms with E-state index in [2.05, 4.69) is 20.3 Å². The molecule has 7 nitrogen and oxygen atoms in total. The third kappa shape index (κ3) is 10.8. The van der Waals surface area contributed by atoms with Gasteiger partial charge in [-0.3, -0.25) is 4.99 Å². The lowest BCUT2D eigenvalue weighted by atomic mass is 10.1. The van der Waals surface area contributed by atoms with Gasteiger partial charge in [0.2, 0.25) is 10.0 Å². The van der Waals surface area contributed by atoms with Crippen molar-refractivity contribution in [2.75, 3.05) is 32.4 Å². The van der Waals surface area contributed by atoms with Crippen molar-refractivity contribution >= 4 is 40.0 Å². The van der Waals surface area contributed by atoms with Gasteiger partial charge in [0.1, 0.15) is 0 Å². The monoisotopic (exact) mass is 470 g/mol. The fourth-order valence-electron chi connectivity index (χ4n) is 1.90. The summed E-state index contributed by atoms with van der Waals surface area (Å²) in [6.07, 6.45) is 1.09. The SMILES string of the molecule is CCNC(=NCCC(O)c1ccccc1)NCCNS(C)(=O)=O.I. The number of benzene rings is 1. The lowest BCUT2D eigenvalue weighted by molar-refractivity contribution is 0.170. The van der Waals surface area contributed by atoms with Crippen molar-refractivity contribution in [1.82, 2.24) is 15.4 Å². The number of hydrogen-bond donors (Lipinski definition) is 4. The fraction of sp³-hybridized carbons (Fsp3) is 0.533. The highest BCUT2D eigenvalue weighted by molar-refractivity contribution is 14.0. The summed E-state index contributed by atoms with van der Waals surface area (Å²) >= 11 is 0. The quantitative estimate of drug-likeness (QED) is 0.185. The zero-order valence-corrected chi connectivity index (χ0v) is 17.2. The van der Waals surface area contributed by atoms with E-state index in [9.17, 15) is 13.5 Å². The maximum absolute atomic E-state index is 11.0. The summed E-state index contributed by atoms with van der Waals surface area (Å²) in [6.45, 7) is 3.83. The van der Waals surface area contributed by atoms with E-state index in [-0.39, 0.29) is 30.5 Å². The number of aliphatic imine (C=N–C) groups is 1. The third-order valence-electron chi connectivity index (χ3n) is 2.98. The number of guanidine groups is 1. The van der Waals surface area contributed by atoms with Crippen molar-refractivity contribution in [2.45, 2.75) is 19.4 Å². The van der Waals surface area contributed by atoms with Gasteiger partial charge in [-0.15, -0.1) is 24.0 Å². The van der Waals surface area contributed by atoms with Gasteiger partial charge >= 0.3 is 0 Å². The van der Waals surface area contributed by atoms with E-state index in [0.717, 1.165) is 11.8 Å². The first-order valence-electron chi connectivity index (χ1n) is 7.62. The van der Waals surface area contributed by atoms with Gasteiger partial charge in [-0.2, -0.15) is 0 Å². The molecule has 24 heavy (non-hydrogen) atoms. The molecular formula is C15H27IN4O3S. The molecule has 0 heterocycles. The Morgan fingerprint density at radius 1 is 1.21 bits per heavy atom. The normalized spacial score (nSPS) is 13.0. The molecule has 0 radical (unpaired) electrons. The largest absolute Gasteiger partial charge is 0.388 e. The molecule has 1 unspecified atom stereocenters. The number of hydrogen-bond acceptors (Lipinski definition) is 4. The van der Waals surface area contributed by atoms with Crippen molar-refractivity contribution < 1.29 is 13.5 Å². The molecule has 0 aliphatic rings. The van der Waals surface area contributed by atoms with E-state index in [1.807, 2.05) is 37.3 Å². The van der Waals surface area contributed by atoms with Crippen molar-refractivity contribution in [3.05, 3.63) is 35.9 Å². The minimum Gasteiger partial charge on any atom is -0.388 e. The fourth-order valence-corrected chi connectivity index (χ4v) is 2.37. The van der Waals surface area contributed by atoms with Gasteiger partial charge in [0.15, 0.2) is 5.96 Å². The minimum atomic E-state index is -3.18. The Kier molecular flexibility index (Phi) is 12.0. The van der Waals surface area contributed by atoms with Gasteiger partial charge in [0.05, 0.1) is 12.4 Å². The Morgan fingerprint density at radius 2 is 1.88 bits per heavy atom. The first-order chi connectivity index (χ1) is 10.9. The summed E-state index contributed by atoms with van der Waals surface area (Å²) in [4.78, 5) is 4.37. The van der Waals surface area contributed by atoms with Crippen LogP contribution in [0.5, 0.6) is 0 Å². The van der Waals surface area contributed by atoms with Crippen molar-refractivity contribution in [3.63, 3.8) is 0 Å². The molecule has 138 valence electrons. The summed E-state index contributed by atoms with van der Waals surface area (Å²) in [5, 5.41) is 16.2. The van der Waals surface area contributed by atoms with E-state index in [1.165, 1.54) is 0 Å². The number of nitrogens with zero attached hydrogens (tertiary/aromatic N) is 1. The standard InChI is InChI=1S/C15H26N4O3S.HI/c1-3-16-15(18-11-12-19-23(2,21)22)17-10-9-14(20)13-7-5-4-6-8-13;/h4-8,14,19-20H,3,9-12H2,1-2H3,(H2,16,17,18);1H. The maximum Gasteiger partial charge on any atom is 0.208 e. The van der Waals surface area contributed by atoms with Crippen LogP contribution in [-0.2, 0) is 10.0 Å². The molecule has 0 amide bonds. The first-order valence-corrected chi connectivity index (χ1v) is 9.51. The van der Waals surface area contributed by atoms with Crippen LogP contribution in [0.25, 0.3) is 0 Å². The predicted octanol–water partition coefficient (Wildman–Crippen LogP) is 0.832. The highest BCUT2D eigenvalue weighted by atomic mass is 127. The van der Waals surface area contributed by atoms with Crippen LogP contribution in [0.1, 0.15) is 25.0 Å². The van der Waals surface area contributed by atoms with E-state index in [0.29, 0.717) is 32.0 Å². The topological polar surface area (TPSA) is 103 Å². The Morgan fingerprint density at radius 3 is 2.46 bits per heavy atom. The molecule has 0 fully saturated rings. The molecule has 1 rings (SSSR count). The van der Waals surface area contributed by atoms with Gasteiger partial charge in [0, 0.05) is 26.2 Å². The van der Waals surface area contributed by atoms with Crippen LogP contribution >= 0.6 is 24.0 Å². The van der Waals surface area contributed by atoms with Gasteiger partial charge < -0.3 is 15.7 Å². The van der Waals surface area contributed by atoms with E-state index in [4.69, 9.17) is 0 Å². The molecule has 0 saturated heterocycles. The highest BCUT2D eigenvalue weighted by Gasteiger charge is 2.06. The Hall–Kier alpha value is -0.910. The lowest BCUT2D eigenvalue weighted by Crippen LogP contribution is -2.41. The second-order valence-corrected chi connectivity index (χ2v) is 6.90. The molecule has 0 saturated carbocycles. The van der Waals surface area contributed by atoms with Gasteiger partial charge in [-0.05, 0) is 18.9 Å². The summed E-state index contributed by atoms with van der Waals surface area (Å²) in [6, 6.07) is 9.46. The van der Waals surface area contributed by atoms with E-state index in [1.54, 1.807) is 0 Å². The molecule has 0 spiro atoms. The second-order valence-electron chi connectivity index (χ2n) is 5.07. The zero-order chi connectivity index (χ0) is 17.1. The Bertz CT molecular complexity index is 582.